The van der Waals surface area contributed by atoms with Gasteiger partial charge in [0.1, 0.15) is 0 Å². The first-order valence-corrected chi connectivity index (χ1v) is 14.3. The lowest BCUT2D eigenvalue weighted by Crippen LogP contribution is -2.37. The van der Waals surface area contributed by atoms with Gasteiger partial charge < -0.3 is 4.90 Å². The number of rotatable bonds is 8. The van der Waals surface area contributed by atoms with Crippen LogP contribution in [-0.2, 0) is 9.84 Å². The summed E-state index contributed by atoms with van der Waals surface area (Å²) in [4.78, 5) is 4.56. The Hall–Kier alpha value is -1.29. The minimum atomic E-state index is -3.68. The monoisotopic (exact) mass is 498 g/mol. The van der Waals surface area contributed by atoms with Gasteiger partial charge in [-0.2, -0.15) is 0 Å². The molecular weight excluding hydrogens is 470 g/mol. The number of nitrogens with zero attached hydrogens (tertiary/aromatic N) is 2. The quantitative estimate of drug-likeness (QED) is 0.485. The highest BCUT2D eigenvalue weighted by molar-refractivity contribution is 8.20. The molecule has 0 bridgehead atoms. The summed E-state index contributed by atoms with van der Waals surface area (Å²) in [6, 6.07) is 3.23. The van der Waals surface area contributed by atoms with Crippen LogP contribution >= 0.6 is 23.5 Å². The predicted octanol–water partition coefficient (Wildman–Crippen LogP) is 4.67. The molecule has 0 saturated carbocycles. The van der Waals surface area contributed by atoms with Crippen molar-refractivity contribution in [3.63, 3.8) is 0 Å². The Morgan fingerprint density at radius 3 is 2.78 bits per heavy atom. The standard InChI is InChI=1S/C23H28F2N2O2S3/c1-26-10-3-6-22(26)18-5-2-11-27(16-18)17-23(9-4-12-30-23)31-13-14-32(28,29)19-7-8-20(24)21(25)15-19/h2,4-5,7-8,12,15-16,22H,3,6,9-11,13-14,17H2,1H3. The lowest BCUT2D eigenvalue weighted by atomic mass is 10.0. The fraction of sp³-hybridized carbons (Fsp3) is 0.478. The highest BCUT2D eigenvalue weighted by Gasteiger charge is 2.35. The number of halogens is 2. The molecule has 0 amide bonds. The number of hydrogen-bond donors (Lipinski definition) is 0. The minimum Gasteiger partial charge on any atom is -0.371 e. The van der Waals surface area contributed by atoms with Gasteiger partial charge in [-0.3, -0.25) is 4.90 Å². The highest BCUT2D eigenvalue weighted by atomic mass is 32.2. The number of allylic oxidation sites excluding steroid dienone is 1. The normalized spacial score (nSPS) is 26.2. The third-order valence-corrected chi connectivity index (χ3v) is 11.0. The maximum atomic E-state index is 13.5. The number of likely N-dealkylation sites (N-methyl/N-ethyl adjacent to an activating group) is 1. The summed E-state index contributed by atoms with van der Waals surface area (Å²) >= 11 is 3.38. The van der Waals surface area contributed by atoms with Crippen LogP contribution in [0, 0.1) is 11.6 Å². The number of sulfone groups is 1. The summed E-state index contributed by atoms with van der Waals surface area (Å²) in [5, 5.41) is 2.09. The van der Waals surface area contributed by atoms with Gasteiger partial charge in [0, 0.05) is 31.1 Å². The number of thioether (sulfide) groups is 2. The molecule has 1 aromatic carbocycles. The second-order valence-electron chi connectivity index (χ2n) is 8.45. The molecule has 174 valence electrons. The molecule has 3 heterocycles. The van der Waals surface area contributed by atoms with E-state index in [-0.39, 0.29) is 14.7 Å². The number of likely N-dealkylation sites (tertiary alicyclic amines) is 1. The summed E-state index contributed by atoms with van der Waals surface area (Å²) in [6.07, 6.45) is 12.1. The average molecular weight is 499 g/mol. The van der Waals surface area contributed by atoms with Crippen molar-refractivity contribution in [2.75, 3.05) is 38.2 Å². The van der Waals surface area contributed by atoms with Crippen molar-refractivity contribution in [1.82, 2.24) is 9.80 Å². The molecule has 32 heavy (non-hydrogen) atoms. The fourth-order valence-corrected chi connectivity index (χ4v) is 8.80. The molecule has 9 heteroatoms. The van der Waals surface area contributed by atoms with E-state index in [1.54, 1.807) is 23.5 Å². The zero-order valence-electron chi connectivity index (χ0n) is 18.0. The molecule has 3 aliphatic heterocycles. The molecule has 0 spiro atoms. The molecule has 0 radical (unpaired) electrons. The first-order valence-electron chi connectivity index (χ1n) is 10.8. The summed E-state index contributed by atoms with van der Waals surface area (Å²) in [7, 11) is -1.50. The molecule has 4 rings (SSSR count). The van der Waals surface area contributed by atoms with Crippen LogP contribution in [0.1, 0.15) is 19.3 Å². The molecule has 0 aliphatic carbocycles. The Morgan fingerprint density at radius 1 is 1.25 bits per heavy atom. The predicted molar refractivity (Wildman–Crippen MR) is 129 cm³/mol. The van der Waals surface area contributed by atoms with E-state index >= 15 is 0 Å². The van der Waals surface area contributed by atoms with Gasteiger partial charge in [-0.25, -0.2) is 17.2 Å². The smallest absolute Gasteiger partial charge is 0.179 e. The third kappa shape index (κ3) is 5.43. The Bertz CT molecular complexity index is 1030. The van der Waals surface area contributed by atoms with Gasteiger partial charge in [-0.1, -0.05) is 18.2 Å². The van der Waals surface area contributed by atoms with Gasteiger partial charge >= 0.3 is 0 Å². The van der Waals surface area contributed by atoms with E-state index < -0.39 is 21.5 Å². The van der Waals surface area contributed by atoms with Gasteiger partial charge in [0.15, 0.2) is 21.5 Å². The van der Waals surface area contributed by atoms with Crippen molar-refractivity contribution < 1.29 is 17.2 Å². The van der Waals surface area contributed by atoms with Crippen molar-refractivity contribution in [2.24, 2.45) is 0 Å². The average Bonchev–Trinajstić information content (AvgIpc) is 3.39. The van der Waals surface area contributed by atoms with Crippen LogP contribution in [0.15, 0.2) is 58.5 Å². The molecule has 0 aromatic heterocycles. The van der Waals surface area contributed by atoms with Gasteiger partial charge in [0.05, 0.1) is 14.7 Å². The Morgan fingerprint density at radius 2 is 2.09 bits per heavy atom. The first kappa shape index (κ1) is 23.9. The van der Waals surface area contributed by atoms with E-state index in [4.69, 9.17) is 0 Å². The van der Waals surface area contributed by atoms with Crippen molar-refractivity contribution >= 4 is 33.4 Å². The lowest BCUT2D eigenvalue weighted by molar-refractivity contribution is 0.334. The summed E-state index contributed by atoms with van der Waals surface area (Å²) in [6.45, 7) is 2.78. The second-order valence-corrected chi connectivity index (χ2v) is 13.6. The Labute approximate surface area is 197 Å². The van der Waals surface area contributed by atoms with Gasteiger partial charge in [-0.05, 0) is 62.0 Å². The largest absolute Gasteiger partial charge is 0.371 e. The topological polar surface area (TPSA) is 40.6 Å². The molecule has 1 fully saturated rings. The maximum absolute atomic E-state index is 13.5. The van der Waals surface area contributed by atoms with Crippen molar-refractivity contribution in [2.45, 2.75) is 34.3 Å². The molecule has 0 N–H and O–H groups in total. The maximum Gasteiger partial charge on any atom is 0.179 e. The molecular formula is C23H28F2N2O2S3. The fourth-order valence-electron chi connectivity index (χ4n) is 4.39. The summed E-state index contributed by atoms with van der Waals surface area (Å²) in [5.74, 6) is -1.91. The second kappa shape index (κ2) is 9.91. The van der Waals surface area contributed by atoms with Crippen LogP contribution in [0.3, 0.4) is 0 Å². The van der Waals surface area contributed by atoms with Crippen LogP contribution in [0.2, 0.25) is 0 Å². The Kier molecular flexibility index (Phi) is 7.39. The van der Waals surface area contributed by atoms with Gasteiger partial charge in [0.25, 0.3) is 0 Å². The molecule has 2 atom stereocenters. The minimum absolute atomic E-state index is 0.112. The lowest BCUT2D eigenvalue weighted by Gasteiger charge is -2.35. The third-order valence-electron chi connectivity index (χ3n) is 6.11. The van der Waals surface area contributed by atoms with Crippen LogP contribution in [0.5, 0.6) is 0 Å². The number of hydrogen-bond acceptors (Lipinski definition) is 6. The Balaban J connectivity index is 1.39. The van der Waals surface area contributed by atoms with E-state index in [1.165, 1.54) is 18.4 Å². The van der Waals surface area contributed by atoms with Crippen LogP contribution in [-0.4, -0.2) is 66.5 Å². The zero-order chi connectivity index (χ0) is 22.8. The van der Waals surface area contributed by atoms with Crippen LogP contribution < -0.4 is 0 Å². The van der Waals surface area contributed by atoms with E-state index in [2.05, 4.69) is 46.7 Å². The molecule has 1 aromatic rings. The van der Waals surface area contributed by atoms with E-state index in [0.717, 1.165) is 44.3 Å². The van der Waals surface area contributed by atoms with Gasteiger partial charge in [0.2, 0.25) is 0 Å². The van der Waals surface area contributed by atoms with E-state index in [0.29, 0.717) is 11.8 Å². The molecule has 3 aliphatic rings. The number of benzene rings is 1. The first-order chi connectivity index (χ1) is 15.3. The summed E-state index contributed by atoms with van der Waals surface area (Å²) < 4.78 is 51.8. The molecule has 2 unspecified atom stereocenters. The van der Waals surface area contributed by atoms with E-state index in [1.807, 2.05) is 0 Å². The van der Waals surface area contributed by atoms with Crippen molar-refractivity contribution in [3.05, 3.63) is 65.2 Å². The summed E-state index contributed by atoms with van der Waals surface area (Å²) in [5.41, 5.74) is 1.34. The highest BCUT2D eigenvalue weighted by Crippen LogP contribution is 2.46. The van der Waals surface area contributed by atoms with Crippen molar-refractivity contribution in [1.29, 1.82) is 0 Å². The van der Waals surface area contributed by atoms with Crippen molar-refractivity contribution in [3.8, 4) is 0 Å². The molecule has 1 saturated heterocycles. The van der Waals surface area contributed by atoms with Gasteiger partial charge in [-0.15, -0.1) is 23.5 Å². The van der Waals surface area contributed by atoms with E-state index in [9.17, 15) is 17.2 Å². The van der Waals surface area contributed by atoms with Crippen LogP contribution in [0.4, 0.5) is 8.78 Å². The zero-order valence-corrected chi connectivity index (χ0v) is 20.5. The molecule has 4 nitrogen and oxygen atoms in total. The SMILES string of the molecule is CN1CCCC1C1=CN(CC2(SCCS(=O)(=O)c3ccc(F)c(F)c3)CC=CS2)CC=C1. The van der Waals surface area contributed by atoms with Crippen LogP contribution in [0.25, 0.3) is 0 Å².